The van der Waals surface area contributed by atoms with Crippen molar-refractivity contribution >= 4 is 0 Å². The topological polar surface area (TPSA) is 47.3 Å². The van der Waals surface area contributed by atoms with E-state index in [0.717, 1.165) is 38.6 Å². The summed E-state index contributed by atoms with van der Waals surface area (Å²) in [4.78, 5) is 0. The van der Waals surface area contributed by atoms with Crippen LogP contribution in [0.3, 0.4) is 0 Å². The number of nitrogens with one attached hydrogen (secondary N) is 1. The largest absolute Gasteiger partial charge is 0.378 e. The molecular formula is C16H32N2O. The van der Waals surface area contributed by atoms with E-state index in [9.17, 15) is 0 Å². The molecule has 0 aromatic heterocycles. The maximum absolute atomic E-state index is 6.07. The quantitative estimate of drug-likeness (QED) is 0.778. The molecule has 19 heavy (non-hydrogen) atoms. The highest BCUT2D eigenvalue weighted by Crippen LogP contribution is 2.37. The van der Waals surface area contributed by atoms with Gasteiger partial charge in [-0.1, -0.05) is 26.7 Å². The lowest BCUT2D eigenvalue weighted by Crippen LogP contribution is -2.44. The lowest BCUT2D eigenvalue weighted by molar-refractivity contribution is 0.0851. The molecule has 2 rings (SSSR count). The fourth-order valence-electron chi connectivity index (χ4n) is 3.73. The molecule has 1 saturated carbocycles. The molecule has 2 atom stereocenters. The van der Waals surface area contributed by atoms with Crippen LogP contribution < -0.4 is 11.1 Å². The Morgan fingerprint density at radius 1 is 1.26 bits per heavy atom. The van der Waals surface area contributed by atoms with Crippen LogP contribution in [-0.4, -0.2) is 32.3 Å². The predicted molar refractivity (Wildman–Crippen MR) is 80.1 cm³/mol. The summed E-state index contributed by atoms with van der Waals surface area (Å²) < 4.78 is 5.76. The zero-order chi connectivity index (χ0) is 13.7. The molecule has 2 unspecified atom stereocenters. The second kappa shape index (κ2) is 7.05. The first-order valence-corrected chi connectivity index (χ1v) is 8.21. The van der Waals surface area contributed by atoms with E-state index >= 15 is 0 Å². The first-order valence-electron chi connectivity index (χ1n) is 8.21. The zero-order valence-corrected chi connectivity index (χ0v) is 12.8. The van der Waals surface area contributed by atoms with Crippen molar-refractivity contribution in [3.8, 4) is 0 Å². The predicted octanol–water partition coefficient (Wildman–Crippen LogP) is 2.55. The van der Waals surface area contributed by atoms with Gasteiger partial charge in [-0.05, 0) is 49.5 Å². The van der Waals surface area contributed by atoms with E-state index in [0.29, 0.717) is 17.4 Å². The van der Waals surface area contributed by atoms with Crippen LogP contribution in [0.25, 0.3) is 0 Å². The number of nitrogens with two attached hydrogens (primary N) is 1. The Morgan fingerprint density at radius 3 is 2.63 bits per heavy atom. The molecule has 0 aromatic carbocycles. The van der Waals surface area contributed by atoms with Gasteiger partial charge in [0, 0.05) is 19.7 Å². The van der Waals surface area contributed by atoms with E-state index in [4.69, 9.17) is 10.5 Å². The Balaban J connectivity index is 1.74. The van der Waals surface area contributed by atoms with Gasteiger partial charge in [-0.25, -0.2) is 0 Å². The normalized spacial score (nSPS) is 39.6. The minimum absolute atomic E-state index is 0.369. The molecule has 112 valence electrons. The number of ether oxygens (including phenoxy) is 1. The van der Waals surface area contributed by atoms with E-state index in [1.54, 1.807) is 0 Å². The summed E-state index contributed by atoms with van der Waals surface area (Å²) in [6.45, 7) is 8.59. The summed E-state index contributed by atoms with van der Waals surface area (Å²) in [6, 6.07) is 0. The van der Waals surface area contributed by atoms with Crippen molar-refractivity contribution in [2.24, 2.45) is 23.0 Å². The van der Waals surface area contributed by atoms with E-state index in [-0.39, 0.29) is 0 Å². The van der Waals surface area contributed by atoms with Crippen LogP contribution in [0.4, 0.5) is 0 Å². The lowest BCUT2D eigenvalue weighted by Gasteiger charge is -2.39. The van der Waals surface area contributed by atoms with Crippen LogP contribution in [0.5, 0.6) is 0 Å². The zero-order valence-electron chi connectivity index (χ0n) is 12.8. The SMILES string of the molecule is CCC1OCCC1CNCC1(CN)CCC(C)CC1. The molecule has 1 heterocycles. The van der Waals surface area contributed by atoms with Crippen molar-refractivity contribution in [1.82, 2.24) is 5.32 Å². The Bertz CT molecular complexity index is 261. The first kappa shape index (κ1) is 15.3. The van der Waals surface area contributed by atoms with Gasteiger partial charge in [-0.3, -0.25) is 0 Å². The standard InChI is InChI=1S/C16H32N2O/c1-3-15-14(6-9-19-15)10-18-12-16(11-17)7-4-13(2)5-8-16/h13-15,18H,3-12,17H2,1-2H3. The van der Waals surface area contributed by atoms with Crippen LogP contribution >= 0.6 is 0 Å². The van der Waals surface area contributed by atoms with Crippen molar-refractivity contribution in [2.45, 2.75) is 58.5 Å². The van der Waals surface area contributed by atoms with Crippen molar-refractivity contribution < 1.29 is 4.74 Å². The number of hydrogen-bond donors (Lipinski definition) is 2. The highest BCUT2D eigenvalue weighted by atomic mass is 16.5. The molecule has 3 heteroatoms. The van der Waals surface area contributed by atoms with Crippen molar-refractivity contribution in [2.75, 3.05) is 26.2 Å². The summed E-state index contributed by atoms with van der Waals surface area (Å²) in [6.07, 6.45) is 8.15. The molecule has 1 aliphatic heterocycles. The maximum Gasteiger partial charge on any atom is 0.0613 e. The Morgan fingerprint density at radius 2 is 2.00 bits per heavy atom. The summed E-state index contributed by atoms with van der Waals surface area (Å²) >= 11 is 0. The Labute approximate surface area is 118 Å². The summed E-state index contributed by atoms with van der Waals surface area (Å²) in [5.41, 5.74) is 6.44. The second-order valence-electron chi connectivity index (χ2n) is 6.88. The van der Waals surface area contributed by atoms with Gasteiger partial charge in [0.25, 0.3) is 0 Å². The molecule has 2 fully saturated rings. The Hall–Kier alpha value is -0.120. The highest BCUT2D eigenvalue weighted by Gasteiger charge is 2.33. The average Bonchev–Trinajstić information content (AvgIpc) is 2.89. The van der Waals surface area contributed by atoms with Crippen molar-refractivity contribution in [1.29, 1.82) is 0 Å². The van der Waals surface area contributed by atoms with Crippen LogP contribution in [0.15, 0.2) is 0 Å². The summed E-state index contributed by atoms with van der Waals surface area (Å²) in [5, 5.41) is 3.71. The third kappa shape index (κ3) is 3.93. The molecule has 3 N–H and O–H groups in total. The average molecular weight is 268 g/mol. The third-order valence-electron chi connectivity index (χ3n) is 5.42. The van der Waals surface area contributed by atoms with Crippen LogP contribution in [0, 0.1) is 17.3 Å². The smallest absolute Gasteiger partial charge is 0.0613 e. The van der Waals surface area contributed by atoms with Gasteiger partial charge < -0.3 is 15.8 Å². The van der Waals surface area contributed by atoms with Gasteiger partial charge in [-0.15, -0.1) is 0 Å². The first-order chi connectivity index (χ1) is 9.19. The van der Waals surface area contributed by atoms with Crippen LogP contribution in [-0.2, 0) is 4.74 Å². The van der Waals surface area contributed by atoms with E-state index in [1.165, 1.54) is 32.1 Å². The minimum Gasteiger partial charge on any atom is -0.378 e. The highest BCUT2D eigenvalue weighted by molar-refractivity contribution is 4.88. The van der Waals surface area contributed by atoms with Crippen molar-refractivity contribution in [3.63, 3.8) is 0 Å². The van der Waals surface area contributed by atoms with Crippen molar-refractivity contribution in [3.05, 3.63) is 0 Å². The number of rotatable bonds is 6. The molecule has 1 aliphatic carbocycles. The van der Waals surface area contributed by atoms with Gasteiger partial charge in [0.15, 0.2) is 0 Å². The van der Waals surface area contributed by atoms with Gasteiger partial charge in [-0.2, -0.15) is 0 Å². The number of hydrogen-bond acceptors (Lipinski definition) is 3. The fourth-order valence-corrected chi connectivity index (χ4v) is 3.73. The molecule has 0 bridgehead atoms. The van der Waals surface area contributed by atoms with E-state index in [2.05, 4.69) is 19.2 Å². The molecule has 0 spiro atoms. The molecule has 3 nitrogen and oxygen atoms in total. The second-order valence-corrected chi connectivity index (χ2v) is 6.88. The van der Waals surface area contributed by atoms with E-state index in [1.807, 2.05) is 0 Å². The molecule has 1 saturated heterocycles. The molecular weight excluding hydrogens is 236 g/mol. The third-order valence-corrected chi connectivity index (χ3v) is 5.42. The fraction of sp³-hybridized carbons (Fsp3) is 1.00. The van der Waals surface area contributed by atoms with Gasteiger partial charge in [0.05, 0.1) is 6.10 Å². The molecule has 0 radical (unpaired) electrons. The molecule has 0 amide bonds. The molecule has 0 aromatic rings. The molecule has 2 aliphatic rings. The monoisotopic (exact) mass is 268 g/mol. The van der Waals surface area contributed by atoms with E-state index < -0.39 is 0 Å². The van der Waals surface area contributed by atoms with Crippen LogP contribution in [0.2, 0.25) is 0 Å². The summed E-state index contributed by atoms with van der Waals surface area (Å²) in [7, 11) is 0. The minimum atomic E-state index is 0.369. The van der Waals surface area contributed by atoms with Crippen LogP contribution in [0.1, 0.15) is 52.4 Å². The maximum atomic E-state index is 6.07. The Kier molecular flexibility index (Phi) is 5.67. The van der Waals surface area contributed by atoms with Gasteiger partial charge >= 0.3 is 0 Å². The lowest BCUT2D eigenvalue weighted by atomic mass is 9.71. The van der Waals surface area contributed by atoms with Gasteiger partial charge in [0.2, 0.25) is 0 Å². The summed E-state index contributed by atoms with van der Waals surface area (Å²) in [5.74, 6) is 1.61. The van der Waals surface area contributed by atoms with Gasteiger partial charge in [0.1, 0.15) is 0 Å².